The molecule has 25 heavy (non-hydrogen) atoms. The number of aromatic nitrogens is 2. The largest absolute Gasteiger partial charge is 0.348 e. The Kier molecular flexibility index (Phi) is 5.07. The highest BCUT2D eigenvalue weighted by Gasteiger charge is 2.19. The SMILES string of the molecule is CC(=O)c1ccc(Nc2nc(C)cc(C(=O)NC3CCCC3)n2)cc1. The quantitative estimate of drug-likeness (QED) is 0.816. The van der Waals surface area contributed by atoms with E-state index < -0.39 is 0 Å². The first-order valence-electron chi connectivity index (χ1n) is 8.56. The molecule has 1 aliphatic rings. The first-order chi connectivity index (χ1) is 12.0. The summed E-state index contributed by atoms with van der Waals surface area (Å²) in [5.41, 5.74) is 2.49. The predicted octanol–water partition coefficient (Wildman–Crippen LogP) is 3.40. The van der Waals surface area contributed by atoms with Crippen LogP contribution >= 0.6 is 0 Å². The summed E-state index contributed by atoms with van der Waals surface area (Å²) in [7, 11) is 0. The Hall–Kier alpha value is -2.76. The maximum atomic E-state index is 12.4. The van der Waals surface area contributed by atoms with E-state index in [-0.39, 0.29) is 17.7 Å². The Balaban J connectivity index is 1.74. The number of rotatable bonds is 5. The second-order valence-corrected chi connectivity index (χ2v) is 6.43. The number of hydrogen-bond acceptors (Lipinski definition) is 5. The van der Waals surface area contributed by atoms with Gasteiger partial charge in [-0.25, -0.2) is 9.97 Å². The van der Waals surface area contributed by atoms with Gasteiger partial charge in [-0.1, -0.05) is 12.8 Å². The molecule has 6 heteroatoms. The molecule has 1 aromatic carbocycles. The highest BCUT2D eigenvalue weighted by Crippen LogP contribution is 2.19. The summed E-state index contributed by atoms with van der Waals surface area (Å²) in [6.07, 6.45) is 4.39. The third kappa shape index (κ3) is 4.41. The molecule has 6 nitrogen and oxygen atoms in total. The fraction of sp³-hybridized carbons (Fsp3) is 0.368. The van der Waals surface area contributed by atoms with Crippen molar-refractivity contribution in [2.45, 2.75) is 45.6 Å². The topological polar surface area (TPSA) is 84.0 Å². The van der Waals surface area contributed by atoms with Crippen molar-refractivity contribution in [3.63, 3.8) is 0 Å². The van der Waals surface area contributed by atoms with E-state index in [0.29, 0.717) is 17.2 Å². The van der Waals surface area contributed by atoms with Crippen LogP contribution in [0.5, 0.6) is 0 Å². The summed E-state index contributed by atoms with van der Waals surface area (Å²) in [5, 5.41) is 6.13. The third-order valence-electron chi connectivity index (χ3n) is 4.32. The van der Waals surface area contributed by atoms with Gasteiger partial charge in [0.15, 0.2) is 5.78 Å². The molecule has 0 unspecified atom stereocenters. The van der Waals surface area contributed by atoms with Crippen molar-refractivity contribution >= 4 is 23.3 Å². The van der Waals surface area contributed by atoms with Gasteiger partial charge < -0.3 is 10.6 Å². The van der Waals surface area contributed by atoms with E-state index in [0.717, 1.165) is 37.1 Å². The Morgan fingerprint density at radius 2 is 1.76 bits per heavy atom. The highest BCUT2D eigenvalue weighted by atomic mass is 16.2. The van der Waals surface area contributed by atoms with Crippen molar-refractivity contribution in [2.24, 2.45) is 0 Å². The molecule has 0 bridgehead atoms. The van der Waals surface area contributed by atoms with Crippen LogP contribution in [-0.2, 0) is 0 Å². The smallest absolute Gasteiger partial charge is 0.270 e. The maximum absolute atomic E-state index is 12.4. The number of benzene rings is 1. The summed E-state index contributed by atoms with van der Waals surface area (Å²) in [6, 6.07) is 9.01. The van der Waals surface area contributed by atoms with E-state index in [2.05, 4.69) is 20.6 Å². The van der Waals surface area contributed by atoms with Gasteiger partial charge in [0.05, 0.1) is 0 Å². The van der Waals surface area contributed by atoms with E-state index in [9.17, 15) is 9.59 Å². The summed E-state index contributed by atoms with van der Waals surface area (Å²) < 4.78 is 0. The number of Topliss-reactive ketones (excluding diaryl/α,β-unsaturated/α-hetero) is 1. The van der Waals surface area contributed by atoms with Gasteiger partial charge in [0.25, 0.3) is 5.91 Å². The lowest BCUT2D eigenvalue weighted by Crippen LogP contribution is -2.33. The van der Waals surface area contributed by atoms with Gasteiger partial charge in [-0.05, 0) is 57.0 Å². The molecule has 1 amide bonds. The molecule has 1 fully saturated rings. The maximum Gasteiger partial charge on any atom is 0.270 e. The average molecular weight is 338 g/mol. The second kappa shape index (κ2) is 7.42. The van der Waals surface area contributed by atoms with Crippen LogP contribution in [0.1, 0.15) is 59.1 Å². The highest BCUT2D eigenvalue weighted by molar-refractivity contribution is 5.94. The standard InChI is InChI=1S/C19H22N4O2/c1-12-11-17(18(25)21-15-5-3-4-6-15)23-19(20-12)22-16-9-7-14(8-10-16)13(2)24/h7-11,15H,3-6H2,1-2H3,(H,21,25)(H,20,22,23). The molecule has 0 saturated heterocycles. The number of anilines is 2. The molecule has 1 aromatic heterocycles. The van der Waals surface area contributed by atoms with Crippen LogP contribution in [0, 0.1) is 6.92 Å². The van der Waals surface area contributed by atoms with Gasteiger partial charge in [-0.3, -0.25) is 9.59 Å². The number of aryl methyl sites for hydroxylation is 1. The van der Waals surface area contributed by atoms with Crippen molar-refractivity contribution in [3.8, 4) is 0 Å². The molecule has 130 valence electrons. The minimum Gasteiger partial charge on any atom is -0.348 e. The first kappa shape index (κ1) is 17.1. The summed E-state index contributed by atoms with van der Waals surface area (Å²) in [6.45, 7) is 3.36. The molecular weight excluding hydrogens is 316 g/mol. The van der Waals surface area contributed by atoms with E-state index >= 15 is 0 Å². The molecule has 0 atom stereocenters. The summed E-state index contributed by atoms with van der Waals surface area (Å²) in [4.78, 5) is 32.4. The molecule has 0 aliphatic heterocycles. The monoisotopic (exact) mass is 338 g/mol. The zero-order valence-corrected chi connectivity index (χ0v) is 14.5. The number of amides is 1. The molecule has 0 radical (unpaired) electrons. The van der Waals surface area contributed by atoms with Crippen LogP contribution < -0.4 is 10.6 Å². The van der Waals surface area contributed by atoms with E-state index in [1.165, 1.54) is 6.92 Å². The molecule has 2 aromatic rings. The molecule has 1 heterocycles. The molecule has 2 N–H and O–H groups in total. The lowest BCUT2D eigenvalue weighted by molar-refractivity contribution is 0.0932. The van der Waals surface area contributed by atoms with E-state index in [1.54, 1.807) is 30.3 Å². The van der Waals surface area contributed by atoms with Crippen LogP contribution in [-0.4, -0.2) is 27.7 Å². The third-order valence-corrected chi connectivity index (χ3v) is 4.32. The van der Waals surface area contributed by atoms with Gasteiger partial charge in [0.1, 0.15) is 5.69 Å². The summed E-state index contributed by atoms with van der Waals surface area (Å²) in [5.74, 6) is 0.226. The Morgan fingerprint density at radius 3 is 2.40 bits per heavy atom. The number of nitrogens with one attached hydrogen (secondary N) is 2. The van der Waals surface area contributed by atoms with Crippen LogP contribution in [0.25, 0.3) is 0 Å². The molecule has 1 aliphatic carbocycles. The van der Waals surface area contributed by atoms with Gasteiger partial charge in [0.2, 0.25) is 5.95 Å². The van der Waals surface area contributed by atoms with Crippen molar-refractivity contribution in [1.82, 2.24) is 15.3 Å². The number of ketones is 1. The fourth-order valence-corrected chi connectivity index (χ4v) is 2.99. The van der Waals surface area contributed by atoms with Crippen LogP contribution in [0.15, 0.2) is 30.3 Å². The van der Waals surface area contributed by atoms with Crippen LogP contribution in [0.2, 0.25) is 0 Å². The minimum absolute atomic E-state index is 0.0178. The van der Waals surface area contributed by atoms with Crippen LogP contribution in [0.4, 0.5) is 11.6 Å². The van der Waals surface area contributed by atoms with Gasteiger partial charge in [-0.15, -0.1) is 0 Å². The zero-order valence-electron chi connectivity index (χ0n) is 14.5. The number of carbonyl (C=O) groups is 2. The van der Waals surface area contributed by atoms with E-state index in [1.807, 2.05) is 6.92 Å². The normalized spacial score (nSPS) is 14.3. The molecule has 0 spiro atoms. The molecule has 1 saturated carbocycles. The van der Waals surface area contributed by atoms with E-state index in [4.69, 9.17) is 0 Å². The lowest BCUT2D eigenvalue weighted by Gasteiger charge is -2.12. The van der Waals surface area contributed by atoms with Crippen LogP contribution in [0.3, 0.4) is 0 Å². The molecule has 3 rings (SSSR count). The Morgan fingerprint density at radius 1 is 1.08 bits per heavy atom. The van der Waals surface area contributed by atoms with Crippen molar-refractivity contribution in [1.29, 1.82) is 0 Å². The Bertz CT molecular complexity index is 781. The average Bonchev–Trinajstić information content (AvgIpc) is 3.07. The first-order valence-corrected chi connectivity index (χ1v) is 8.56. The van der Waals surface area contributed by atoms with Gasteiger partial charge in [0, 0.05) is 23.0 Å². The van der Waals surface area contributed by atoms with Gasteiger partial charge in [-0.2, -0.15) is 0 Å². The van der Waals surface area contributed by atoms with Crippen molar-refractivity contribution < 1.29 is 9.59 Å². The van der Waals surface area contributed by atoms with Gasteiger partial charge >= 0.3 is 0 Å². The minimum atomic E-state index is -0.160. The molecular formula is C19H22N4O2. The zero-order chi connectivity index (χ0) is 17.8. The number of hydrogen-bond donors (Lipinski definition) is 2. The Labute approximate surface area is 147 Å². The predicted molar refractivity (Wildman–Crippen MR) is 96.2 cm³/mol. The number of nitrogens with zero attached hydrogens (tertiary/aromatic N) is 2. The second-order valence-electron chi connectivity index (χ2n) is 6.43. The summed E-state index contributed by atoms with van der Waals surface area (Å²) >= 11 is 0. The lowest BCUT2D eigenvalue weighted by atomic mass is 10.1. The fourth-order valence-electron chi connectivity index (χ4n) is 2.99. The van der Waals surface area contributed by atoms with Crippen molar-refractivity contribution in [3.05, 3.63) is 47.3 Å². The number of carbonyl (C=O) groups excluding carboxylic acids is 2. The van der Waals surface area contributed by atoms with Crippen molar-refractivity contribution in [2.75, 3.05) is 5.32 Å².